The summed E-state index contributed by atoms with van der Waals surface area (Å²) in [4.78, 5) is 13.3. The third kappa shape index (κ3) is 3.74. The van der Waals surface area contributed by atoms with E-state index in [1.54, 1.807) is 17.8 Å². The monoisotopic (exact) mass is 315 g/mol. The van der Waals surface area contributed by atoms with Crippen LogP contribution in [0.5, 0.6) is 11.5 Å². The summed E-state index contributed by atoms with van der Waals surface area (Å²) in [6, 6.07) is 17.5. The molecule has 0 aliphatic carbocycles. The number of rotatable bonds is 5. The summed E-state index contributed by atoms with van der Waals surface area (Å²) in [5.74, 6) is 1.99. The Balaban J connectivity index is 1.43. The van der Waals surface area contributed by atoms with E-state index in [1.165, 1.54) is 4.90 Å². The van der Waals surface area contributed by atoms with Gasteiger partial charge in [0.05, 0.1) is 0 Å². The van der Waals surface area contributed by atoms with Crippen LogP contribution in [0.3, 0.4) is 0 Å². The first kappa shape index (κ1) is 14.8. The minimum absolute atomic E-state index is 0.136. The fourth-order valence-electron chi connectivity index (χ4n) is 2.12. The van der Waals surface area contributed by atoms with Crippen molar-refractivity contribution in [3.05, 3.63) is 54.6 Å². The van der Waals surface area contributed by atoms with Gasteiger partial charge in [0.2, 0.25) is 6.10 Å². The van der Waals surface area contributed by atoms with E-state index in [9.17, 15) is 4.79 Å². The van der Waals surface area contributed by atoms with E-state index in [0.717, 1.165) is 5.75 Å². The Bertz CT molecular complexity index is 633. The molecule has 1 aliphatic rings. The first-order valence-corrected chi connectivity index (χ1v) is 8.15. The first-order valence-electron chi connectivity index (χ1n) is 7.17. The first-order chi connectivity index (χ1) is 10.8. The molecule has 5 heteroatoms. The van der Waals surface area contributed by atoms with Crippen LogP contribution in [0.1, 0.15) is 0 Å². The summed E-state index contributed by atoms with van der Waals surface area (Å²) < 4.78 is 11.2. The highest BCUT2D eigenvalue weighted by atomic mass is 32.2. The van der Waals surface area contributed by atoms with Gasteiger partial charge in [0.1, 0.15) is 6.61 Å². The molecule has 0 radical (unpaired) electrons. The molecule has 0 saturated carbocycles. The molecule has 114 valence electrons. The molecule has 3 rings (SSSR count). The summed E-state index contributed by atoms with van der Waals surface area (Å²) in [7, 11) is 0. The second-order valence-electron chi connectivity index (χ2n) is 4.82. The van der Waals surface area contributed by atoms with Crippen molar-refractivity contribution < 1.29 is 14.3 Å². The zero-order valence-corrected chi connectivity index (χ0v) is 12.8. The molecular weight excluding hydrogens is 298 g/mol. The van der Waals surface area contributed by atoms with Crippen molar-refractivity contribution in [3.63, 3.8) is 0 Å². The summed E-state index contributed by atoms with van der Waals surface area (Å²) in [6.07, 6.45) is -0.586. The molecule has 2 aromatic rings. The number of nitrogens with one attached hydrogen (secondary N) is 1. The fourth-order valence-corrected chi connectivity index (χ4v) is 2.91. The molecule has 0 bridgehead atoms. The number of amides is 1. The topological polar surface area (TPSA) is 47.6 Å². The van der Waals surface area contributed by atoms with E-state index in [1.807, 2.05) is 36.4 Å². The number of ether oxygens (including phenoxy) is 2. The summed E-state index contributed by atoms with van der Waals surface area (Å²) >= 11 is 1.71. The van der Waals surface area contributed by atoms with Gasteiger partial charge in [-0.2, -0.15) is 0 Å². The minimum Gasteiger partial charge on any atom is -0.485 e. The van der Waals surface area contributed by atoms with E-state index < -0.39 is 6.10 Å². The Morgan fingerprint density at radius 2 is 1.82 bits per heavy atom. The van der Waals surface area contributed by atoms with Crippen molar-refractivity contribution in [1.82, 2.24) is 5.32 Å². The zero-order valence-electron chi connectivity index (χ0n) is 12.0. The van der Waals surface area contributed by atoms with Crippen LogP contribution in [0.2, 0.25) is 0 Å². The minimum atomic E-state index is -0.586. The maximum absolute atomic E-state index is 12.1. The van der Waals surface area contributed by atoms with Gasteiger partial charge in [-0.15, -0.1) is 11.8 Å². The average Bonchev–Trinajstić information content (AvgIpc) is 2.59. The smallest absolute Gasteiger partial charge is 0.264 e. The molecule has 1 heterocycles. The largest absolute Gasteiger partial charge is 0.485 e. The van der Waals surface area contributed by atoms with Gasteiger partial charge < -0.3 is 14.8 Å². The standard InChI is InChI=1S/C17H17NO3S/c19-17(18-10-11-22-13-6-2-1-3-7-13)16-12-20-14-8-4-5-9-15(14)21-16/h1-9,16H,10-12H2,(H,18,19). The molecule has 4 nitrogen and oxygen atoms in total. The highest BCUT2D eigenvalue weighted by Crippen LogP contribution is 2.30. The van der Waals surface area contributed by atoms with Crippen molar-refractivity contribution in [2.24, 2.45) is 0 Å². The lowest BCUT2D eigenvalue weighted by Gasteiger charge is -2.25. The Labute approximate surface area is 133 Å². The van der Waals surface area contributed by atoms with Crippen LogP contribution >= 0.6 is 11.8 Å². The summed E-state index contributed by atoms with van der Waals surface area (Å²) in [5.41, 5.74) is 0. The number of fused-ring (bicyclic) bond motifs is 1. The van der Waals surface area contributed by atoms with Crippen LogP contribution in [0.15, 0.2) is 59.5 Å². The molecule has 0 saturated heterocycles. The summed E-state index contributed by atoms with van der Waals surface area (Å²) in [6.45, 7) is 0.842. The number of para-hydroxylation sites is 2. The van der Waals surface area contributed by atoms with E-state index in [-0.39, 0.29) is 12.5 Å². The van der Waals surface area contributed by atoms with Gasteiger partial charge in [-0.1, -0.05) is 30.3 Å². The molecule has 22 heavy (non-hydrogen) atoms. The van der Waals surface area contributed by atoms with Crippen molar-refractivity contribution in [2.75, 3.05) is 18.9 Å². The van der Waals surface area contributed by atoms with Gasteiger partial charge in [-0.05, 0) is 24.3 Å². The van der Waals surface area contributed by atoms with Gasteiger partial charge >= 0.3 is 0 Å². The number of benzene rings is 2. The number of carbonyl (C=O) groups excluding carboxylic acids is 1. The van der Waals surface area contributed by atoms with Crippen LogP contribution in [0, 0.1) is 0 Å². The van der Waals surface area contributed by atoms with Crippen LogP contribution < -0.4 is 14.8 Å². The molecular formula is C17H17NO3S. The van der Waals surface area contributed by atoms with Crippen LogP contribution in [-0.4, -0.2) is 30.9 Å². The Hall–Kier alpha value is -2.14. The second kappa shape index (κ2) is 7.22. The van der Waals surface area contributed by atoms with Gasteiger partial charge in [-0.3, -0.25) is 4.79 Å². The maximum Gasteiger partial charge on any atom is 0.264 e. The highest BCUT2D eigenvalue weighted by molar-refractivity contribution is 7.99. The molecule has 1 amide bonds. The lowest BCUT2D eigenvalue weighted by molar-refractivity contribution is -0.130. The van der Waals surface area contributed by atoms with E-state index in [4.69, 9.17) is 9.47 Å². The molecule has 1 N–H and O–H groups in total. The molecule has 2 aromatic carbocycles. The summed E-state index contributed by atoms with van der Waals surface area (Å²) in [5, 5.41) is 2.89. The van der Waals surface area contributed by atoms with E-state index in [2.05, 4.69) is 17.4 Å². The number of carbonyl (C=O) groups is 1. The van der Waals surface area contributed by atoms with Crippen LogP contribution in [0.25, 0.3) is 0 Å². The zero-order chi connectivity index (χ0) is 15.2. The second-order valence-corrected chi connectivity index (χ2v) is 5.99. The molecule has 0 aromatic heterocycles. The molecule has 1 aliphatic heterocycles. The number of hydrogen-bond donors (Lipinski definition) is 1. The lowest BCUT2D eigenvalue weighted by atomic mass is 10.2. The molecule has 1 unspecified atom stereocenters. The lowest BCUT2D eigenvalue weighted by Crippen LogP contribution is -2.44. The predicted octanol–water partition coefficient (Wildman–Crippen LogP) is 2.73. The van der Waals surface area contributed by atoms with Gasteiger partial charge in [0.15, 0.2) is 11.5 Å². The maximum atomic E-state index is 12.1. The Morgan fingerprint density at radius 1 is 1.09 bits per heavy atom. The fraction of sp³-hybridized carbons (Fsp3) is 0.235. The SMILES string of the molecule is O=C(NCCSc1ccccc1)C1COc2ccccc2O1. The third-order valence-corrected chi connectivity index (χ3v) is 4.23. The average molecular weight is 315 g/mol. The van der Waals surface area contributed by atoms with Crippen LogP contribution in [-0.2, 0) is 4.79 Å². The normalized spacial score (nSPS) is 16.1. The van der Waals surface area contributed by atoms with Gasteiger partial charge in [0, 0.05) is 17.2 Å². The van der Waals surface area contributed by atoms with Crippen LogP contribution in [0.4, 0.5) is 0 Å². The number of hydrogen-bond acceptors (Lipinski definition) is 4. The van der Waals surface area contributed by atoms with Crippen molar-refractivity contribution in [1.29, 1.82) is 0 Å². The van der Waals surface area contributed by atoms with E-state index >= 15 is 0 Å². The molecule has 1 atom stereocenters. The van der Waals surface area contributed by atoms with Gasteiger partial charge in [0.25, 0.3) is 5.91 Å². The predicted molar refractivity (Wildman–Crippen MR) is 86.5 cm³/mol. The Kier molecular flexibility index (Phi) is 4.85. The van der Waals surface area contributed by atoms with E-state index in [0.29, 0.717) is 18.0 Å². The third-order valence-electron chi connectivity index (χ3n) is 3.21. The quantitative estimate of drug-likeness (QED) is 0.681. The molecule has 0 fully saturated rings. The number of thioether (sulfide) groups is 1. The van der Waals surface area contributed by atoms with Gasteiger partial charge in [-0.25, -0.2) is 0 Å². The molecule has 0 spiro atoms. The van der Waals surface area contributed by atoms with Crippen molar-refractivity contribution in [2.45, 2.75) is 11.0 Å². The van der Waals surface area contributed by atoms with Crippen molar-refractivity contribution in [3.8, 4) is 11.5 Å². The Morgan fingerprint density at radius 3 is 2.64 bits per heavy atom. The van der Waals surface area contributed by atoms with Crippen molar-refractivity contribution >= 4 is 17.7 Å². The highest BCUT2D eigenvalue weighted by Gasteiger charge is 2.26.